The Morgan fingerprint density at radius 1 is 1.17 bits per heavy atom. The highest BCUT2D eigenvalue weighted by Crippen LogP contribution is 2.24. The third kappa shape index (κ3) is 4.69. The molecular weight excluding hydrogens is 378 g/mol. The molecule has 6 nitrogen and oxygen atoms in total. The van der Waals surface area contributed by atoms with Gasteiger partial charge >= 0.3 is 11.7 Å². The largest absolute Gasteiger partial charge is 0.478 e. The summed E-state index contributed by atoms with van der Waals surface area (Å²) in [7, 11) is 0. The molecular formula is C24H25N3O3. The molecule has 0 fully saturated rings. The maximum Gasteiger partial charge on any atom is 0.346 e. The first-order valence-corrected chi connectivity index (χ1v) is 9.92. The van der Waals surface area contributed by atoms with Gasteiger partial charge in [-0.3, -0.25) is 4.57 Å². The molecule has 0 radical (unpaired) electrons. The number of terminal acetylenes is 1. The van der Waals surface area contributed by atoms with Crippen molar-refractivity contribution in [1.82, 2.24) is 14.3 Å². The van der Waals surface area contributed by atoms with Crippen LogP contribution in [0.5, 0.6) is 0 Å². The van der Waals surface area contributed by atoms with Gasteiger partial charge in [-0.25, -0.2) is 14.3 Å². The van der Waals surface area contributed by atoms with Crippen LogP contribution >= 0.6 is 0 Å². The highest BCUT2D eigenvalue weighted by atomic mass is 16.4. The molecule has 3 aromatic rings. The van der Waals surface area contributed by atoms with Crippen LogP contribution in [0.2, 0.25) is 0 Å². The number of benzene rings is 2. The van der Waals surface area contributed by atoms with Crippen molar-refractivity contribution < 1.29 is 9.90 Å². The fourth-order valence-corrected chi connectivity index (χ4v) is 3.37. The third-order valence-corrected chi connectivity index (χ3v) is 4.82. The maximum atomic E-state index is 12.8. The van der Waals surface area contributed by atoms with E-state index in [-0.39, 0.29) is 11.3 Å². The van der Waals surface area contributed by atoms with Crippen LogP contribution in [0, 0.1) is 18.3 Å². The Balaban J connectivity index is 1.90. The zero-order valence-electron chi connectivity index (χ0n) is 17.2. The van der Waals surface area contributed by atoms with Crippen LogP contribution in [0.1, 0.15) is 42.0 Å². The number of hydrogen-bond donors (Lipinski definition) is 1. The van der Waals surface area contributed by atoms with E-state index in [9.17, 15) is 14.7 Å². The Hall–Kier alpha value is -3.59. The van der Waals surface area contributed by atoms with Gasteiger partial charge in [0, 0.05) is 12.8 Å². The van der Waals surface area contributed by atoms with Gasteiger partial charge in [0.05, 0.1) is 18.7 Å². The van der Waals surface area contributed by atoms with Crippen molar-refractivity contribution in [3.05, 3.63) is 76.0 Å². The molecule has 1 heterocycles. The first-order chi connectivity index (χ1) is 14.4. The van der Waals surface area contributed by atoms with E-state index in [2.05, 4.69) is 24.9 Å². The highest BCUT2D eigenvalue weighted by molar-refractivity contribution is 5.95. The van der Waals surface area contributed by atoms with Gasteiger partial charge in [-0.1, -0.05) is 56.3 Å². The van der Waals surface area contributed by atoms with Crippen LogP contribution in [-0.2, 0) is 19.5 Å². The van der Waals surface area contributed by atoms with Gasteiger partial charge in [0.15, 0.2) is 0 Å². The molecule has 0 unspecified atom stereocenters. The van der Waals surface area contributed by atoms with Gasteiger partial charge < -0.3 is 5.11 Å². The van der Waals surface area contributed by atoms with Gasteiger partial charge in [-0.15, -0.1) is 12.3 Å². The molecule has 1 N–H and O–H groups in total. The van der Waals surface area contributed by atoms with E-state index in [1.165, 1.54) is 4.68 Å². The fraction of sp³-hybridized carbons (Fsp3) is 0.292. The molecule has 0 saturated carbocycles. The number of aryl methyl sites for hydroxylation is 1. The number of carbonyl (C=O) groups is 1. The molecule has 6 heteroatoms. The molecule has 0 amide bonds. The summed E-state index contributed by atoms with van der Waals surface area (Å²) in [6.07, 6.45) is 6.48. The van der Waals surface area contributed by atoms with E-state index in [0.29, 0.717) is 37.4 Å². The Bertz CT molecular complexity index is 1130. The molecule has 30 heavy (non-hydrogen) atoms. The van der Waals surface area contributed by atoms with E-state index < -0.39 is 5.97 Å². The molecule has 0 aliphatic heterocycles. The average Bonchev–Trinajstić information content (AvgIpc) is 3.01. The lowest BCUT2D eigenvalue weighted by atomic mass is 9.99. The predicted octanol–water partition coefficient (Wildman–Crippen LogP) is 3.68. The number of carboxylic acid groups (broad SMARTS) is 1. The van der Waals surface area contributed by atoms with Crippen molar-refractivity contribution in [1.29, 1.82) is 0 Å². The summed E-state index contributed by atoms with van der Waals surface area (Å²) < 4.78 is 3.13. The van der Waals surface area contributed by atoms with Gasteiger partial charge in [-0.05, 0) is 28.7 Å². The van der Waals surface area contributed by atoms with Gasteiger partial charge in [0.1, 0.15) is 5.82 Å². The smallest absolute Gasteiger partial charge is 0.346 e. The van der Waals surface area contributed by atoms with Crippen molar-refractivity contribution in [2.75, 3.05) is 0 Å². The number of aromatic carboxylic acids is 1. The lowest BCUT2D eigenvalue weighted by molar-refractivity contribution is 0.0697. The second-order valence-electron chi connectivity index (χ2n) is 7.61. The summed E-state index contributed by atoms with van der Waals surface area (Å²) in [5.41, 5.74) is 2.51. The second kappa shape index (κ2) is 9.27. The molecule has 0 atom stereocenters. The van der Waals surface area contributed by atoms with E-state index in [4.69, 9.17) is 6.42 Å². The fourth-order valence-electron chi connectivity index (χ4n) is 3.37. The van der Waals surface area contributed by atoms with Gasteiger partial charge in [0.2, 0.25) is 0 Å². The minimum atomic E-state index is -0.959. The molecule has 154 valence electrons. The van der Waals surface area contributed by atoms with Gasteiger partial charge in [-0.2, -0.15) is 5.10 Å². The number of aromatic nitrogens is 3. The van der Waals surface area contributed by atoms with Crippen molar-refractivity contribution >= 4 is 5.97 Å². The zero-order valence-corrected chi connectivity index (χ0v) is 17.2. The molecule has 2 aromatic carbocycles. The first-order valence-electron chi connectivity index (χ1n) is 9.92. The quantitative estimate of drug-likeness (QED) is 0.582. The molecule has 0 aliphatic rings. The van der Waals surface area contributed by atoms with Crippen LogP contribution in [0.3, 0.4) is 0 Å². The number of nitrogens with zero attached hydrogens (tertiary/aromatic N) is 3. The minimum Gasteiger partial charge on any atom is -0.478 e. The molecule has 0 spiro atoms. The summed E-state index contributed by atoms with van der Waals surface area (Å²) in [6, 6.07) is 14.5. The summed E-state index contributed by atoms with van der Waals surface area (Å²) in [5, 5.41) is 13.9. The first kappa shape index (κ1) is 21.1. The standard InChI is InChI=1S/C24H25N3O3/c1-4-5-14-27-24(30)26(22(25-27)15-17(2)3)16-18-10-12-19(13-11-18)20-8-6-7-9-21(20)23(28)29/h1,6-13,17H,5,14-16H2,2-3H3,(H,28,29). The van der Waals surface area contributed by atoms with E-state index in [1.54, 1.807) is 22.8 Å². The molecule has 0 aliphatic carbocycles. The van der Waals surface area contributed by atoms with Gasteiger partial charge in [0.25, 0.3) is 0 Å². The normalized spacial score (nSPS) is 10.9. The molecule has 1 aromatic heterocycles. The lowest BCUT2D eigenvalue weighted by Crippen LogP contribution is -2.26. The summed E-state index contributed by atoms with van der Waals surface area (Å²) in [4.78, 5) is 24.3. The monoisotopic (exact) mass is 403 g/mol. The van der Waals surface area contributed by atoms with Crippen LogP contribution in [-0.4, -0.2) is 25.4 Å². The SMILES string of the molecule is C#CCCn1nc(CC(C)C)n(Cc2ccc(-c3ccccc3C(=O)O)cc2)c1=O. The van der Waals surface area contributed by atoms with Crippen molar-refractivity contribution in [2.24, 2.45) is 5.92 Å². The second-order valence-corrected chi connectivity index (χ2v) is 7.61. The third-order valence-electron chi connectivity index (χ3n) is 4.82. The van der Waals surface area contributed by atoms with E-state index >= 15 is 0 Å². The number of hydrogen-bond acceptors (Lipinski definition) is 3. The molecule has 0 saturated heterocycles. The predicted molar refractivity (Wildman–Crippen MR) is 116 cm³/mol. The number of carboxylic acids is 1. The Morgan fingerprint density at radius 2 is 1.87 bits per heavy atom. The average molecular weight is 403 g/mol. The summed E-state index contributed by atoms with van der Waals surface area (Å²) in [5.74, 6) is 2.69. The highest BCUT2D eigenvalue weighted by Gasteiger charge is 2.15. The maximum absolute atomic E-state index is 12.8. The topological polar surface area (TPSA) is 77.1 Å². The minimum absolute atomic E-state index is 0.166. The van der Waals surface area contributed by atoms with Crippen LogP contribution in [0.15, 0.2) is 53.3 Å². The van der Waals surface area contributed by atoms with Crippen LogP contribution in [0.25, 0.3) is 11.1 Å². The van der Waals surface area contributed by atoms with Crippen molar-refractivity contribution in [3.8, 4) is 23.5 Å². The summed E-state index contributed by atoms with van der Waals surface area (Å²) in [6.45, 7) is 4.98. The van der Waals surface area contributed by atoms with Crippen LogP contribution < -0.4 is 5.69 Å². The van der Waals surface area contributed by atoms with Crippen LogP contribution in [0.4, 0.5) is 0 Å². The molecule has 3 rings (SSSR count). The molecule has 0 bridgehead atoms. The lowest BCUT2D eigenvalue weighted by Gasteiger charge is -2.10. The summed E-state index contributed by atoms with van der Waals surface area (Å²) >= 11 is 0. The van der Waals surface area contributed by atoms with E-state index in [0.717, 1.165) is 17.0 Å². The Morgan fingerprint density at radius 3 is 2.50 bits per heavy atom. The number of rotatable bonds is 8. The Kier molecular flexibility index (Phi) is 6.53. The van der Waals surface area contributed by atoms with Crippen molar-refractivity contribution in [2.45, 2.75) is 39.8 Å². The zero-order chi connectivity index (χ0) is 21.7. The van der Waals surface area contributed by atoms with E-state index in [1.807, 2.05) is 30.3 Å². The Labute approximate surface area is 175 Å². The van der Waals surface area contributed by atoms with Crippen molar-refractivity contribution in [3.63, 3.8) is 0 Å².